The minimum Gasteiger partial charge on any atom is -0.338 e. The van der Waals surface area contributed by atoms with Gasteiger partial charge in [-0.25, -0.2) is 0 Å². The van der Waals surface area contributed by atoms with Gasteiger partial charge in [-0.15, -0.1) is 11.6 Å². The number of carbonyl (C=O) groups is 1. The summed E-state index contributed by atoms with van der Waals surface area (Å²) in [6.45, 7) is 1.48. The van der Waals surface area contributed by atoms with Gasteiger partial charge in [0, 0.05) is 31.4 Å². The molecule has 0 saturated carbocycles. The number of alkyl halides is 1. The molecular weight excluding hydrogens is 247 g/mol. The van der Waals surface area contributed by atoms with Crippen molar-refractivity contribution in [3.8, 4) is 0 Å². The highest BCUT2D eigenvalue weighted by molar-refractivity contribution is 6.33. The molecule has 1 amide bonds. The van der Waals surface area contributed by atoms with Crippen LogP contribution in [0.3, 0.4) is 0 Å². The Morgan fingerprint density at radius 3 is 3.06 bits per heavy atom. The molecule has 0 bridgehead atoms. The highest BCUT2D eigenvalue weighted by Gasteiger charge is 2.27. The Morgan fingerprint density at radius 1 is 1.62 bits per heavy atom. The fourth-order valence-electron chi connectivity index (χ4n) is 1.86. The van der Waals surface area contributed by atoms with Crippen molar-refractivity contribution < 1.29 is 4.79 Å². The summed E-state index contributed by atoms with van der Waals surface area (Å²) in [7, 11) is 0. The molecule has 3 nitrogen and oxygen atoms in total. The first-order valence-corrected chi connectivity index (χ1v) is 6.08. The summed E-state index contributed by atoms with van der Waals surface area (Å²) in [6.07, 6.45) is 4.04. The van der Waals surface area contributed by atoms with E-state index in [1.807, 2.05) is 0 Å². The van der Waals surface area contributed by atoms with Gasteiger partial charge in [0.25, 0.3) is 5.91 Å². The predicted octanol–water partition coefficient (Wildman–Crippen LogP) is 2.44. The maximum atomic E-state index is 12.1. The van der Waals surface area contributed by atoms with Gasteiger partial charge in [-0.1, -0.05) is 11.6 Å². The molecular formula is C11H12Cl2N2O. The van der Waals surface area contributed by atoms with Crippen molar-refractivity contribution in [3.63, 3.8) is 0 Å². The van der Waals surface area contributed by atoms with Gasteiger partial charge in [0.05, 0.1) is 10.6 Å². The molecule has 1 aliphatic rings. The molecule has 1 aliphatic heterocycles. The van der Waals surface area contributed by atoms with Crippen LogP contribution in [0.25, 0.3) is 0 Å². The van der Waals surface area contributed by atoms with Crippen molar-refractivity contribution in [2.45, 2.75) is 6.42 Å². The first-order chi connectivity index (χ1) is 7.72. The number of amides is 1. The molecule has 1 saturated heterocycles. The summed E-state index contributed by atoms with van der Waals surface area (Å²) in [6, 6.07) is 1.65. The van der Waals surface area contributed by atoms with E-state index in [0.717, 1.165) is 19.5 Å². The van der Waals surface area contributed by atoms with Gasteiger partial charge in [0.2, 0.25) is 0 Å². The van der Waals surface area contributed by atoms with Crippen LogP contribution >= 0.6 is 23.2 Å². The van der Waals surface area contributed by atoms with Gasteiger partial charge < -0.3 is 4.90 Å². The molecule has 1 fully saturated rings. The largest absolute Gasteiger partial charge is 0.338 e. The number of hydrogen-bond donors (Lipinski definition) is 0. The van der Waals surface area contributed by atoms with Crippen LogP contribution in [0.2, 0.25) is 5.02 Å². The van der Waals surface area contributed by atoms with E-state index >= 15 is 0 Å². The lowest BCUT2D eigenvalue weighted by molar-refractivity contribution is 0.0788. The number of aromatic nitrogens is 1. The first kappa shape index (κ1) is 11.7. The predicted molar refractivity (Wildman–Crippen MR) is 64.0 cm³/mol. The van der Waals surface area contributed by atoms with Crippen LogP contribution in [0.5, 0.6) is 0 Å². The Labute approximate surface area is 104 Å². The molecule has 0 radical (unpaired) electrons. The Kier molecular flexibility index (Phi) is 3.66. The lowest BCUT2D eigenvalue weighted by atomic mass is 10.2. The standard InChI is InChI=1S/C11H12Cl2N2O/c12-5-8-2-4-15(7-8)11(16)9-1-3-14-6-10(9)13/h1,3,6,8H,2,4-5,7H2. The Hall–Kier alpha value is -0.800. The third-order valence-electron chi connectivity index (χ3n) is 2.79. The van der Waals surface area contributed by atoms with Gasteiger partial charge in [-0.3, -0.25) is 9.78 Å². The van der Waals surface area contributed by atoms with E-state index in [2.05, 4.69) is 4.98 Å². The molecule has 1 aromatic rings. The zero-order chi connectivity index (χ0) is 11.5. The van der Waals surface area contributed by atoms with Crippen LogP contribution in [0, 0.1) is 5.92 Å². The number of halogens is 2. The number of hydrogen-bond acceptors (Lipinski definition) is 2. The van der Waals surface area contributed by atoms with E-state index in [4.69, 9.17) is 23.2 Å². The van der Waals surface area contributed by atoms with E-state index in [1.54, 1.807) is 17.2 Å². The third-order valence-corrected chi connectivity index (χ3v) is 3.53. The summed E-state index contributed by atoms with van der Waals surface area (Å²) in [5.74, 6) is 0.986. The van der Waals surface area contributed by atoms with Crippen molar-refractivity contribution in [2.24, 2.45) is 5.92 Å². The number of carbonyl (C=O) groups excluding carboxylic acids is 1. The summed E-state index contributed by atoms with van der Waals surface area (Å²) < 4.78 is 0. The smallest absolute Gasteiger partial charge is 0.255 e. The highest BCUT2D eigenvalue weighted by Crippen LogP contribution is 2.22. The number of likely N-dealkylation sites (tertiary alicyclic amines) is 1. The normalized spacial score (nSPS) is 20.1. The molecule has 1 atom stereocenters. The maximum absolute atomic E-state index is 12.1. The zero-order valence-electron chi connectivity index (χ0n) is 8.70. The summed E-state index contributed by atoms with van der Waals surface area (Å²) >= 11 is 11.7. The fraction of sp³-hybridized carbons (Fsp3) is 0.455. The molecule has 1 aromatic heterocycles. The van der Waals surface area contributed by atoms with Crippen molar-refractivity contribution in [3.05, 3.63) is 29.0 Å². The minimum absolute atomic E-state index is 0.0278. The summed E-state index contributed by atoms with van der Waals surface area (Å²) in [5, 5.41) is 0.404. The molecule has 16 heavy (non-hydrogen) atoms. The molecule has 0 aromatic carbocycles. The Balaban J connectivity index is 2.12. The molecule has 0 spiro atoms. The Bertz CT molecular complexity index is 397. The molecule has 86 valence electrons. The van der Waals surface area contributed by atoms with Crippen LogP contribution < -0.4 is 0 Å². The van der Waals surface area contributed by atoms with E-state index in [-0.39, 0.29) is 5.91 Å². The average Bonchev–Trinajstić information content (AvgIpc) is 2.77. The van der Waals surface area contributed by atoms with Crippen LogP contribution in [0.15, 0.2) is 18.5 Å². The minimum atomic E-state index is -0.0278. The molecule has 2 rings (SSSR count). The summed E-state index contributed by atoms with van der Waals surface area (Å²) in [4.78, 5) is 17.8. The molecule has 1 unspecified atom stereocenters. The first-order valence-electron chi connectivity index (χ1n) is 5.17. The average molecular weight is 259 g/mol. The van der Waals surface area contributed by atoms with Crippen LogP contribution in [-0.4, -0.2) is 34.8 Å². The van der Waals surface area contributed by atoms with E-state index in [0.29, 0.717) is 22.4 Å². The molecule has 0 N–H and O–H groups in total. The second kappa shape index (κ2) is 5.02. The number of nitrogens with zero attached hydrogens (tertiary/aromatic N) is 2. The van der Waals surface area contributed by atoms with Crippen molar-refractivity contribution in [1.82, 2.24) is 9.88 Å². The number of rotatable bonds is 2. The van der Waals surface area contributed by atoms with Gasteiger partial charge in [0.1, 0.15) is 0 Å². The van der Waals surface area contributed by atoms with Gasteiger partial charge in [0.15, 0.2) is 0 Å². The van der Waals surface area contributed by atoms with Crippen molar-refractivity contribution >= 4 is 29.1 Å². The molecule has 2 heterocycles. The summed E-state index contributed by atoms with van der Waals surface area (Å²) in [5.41, 5.74) is 0.520. The van der Waals surface area contributed by atoms with Gasteiger partial charge >= 0.3 is 0 Å². The van der Waals surface area contributed by atoms with Crippen LogP contribution in [0.1, 0.15) is 16.8 Å². The molecule has 0 aliphatic carbocycles. The van der Waals surface area contributed by atoms with Gasteiger partial charge in [-0.2, -0.15) is 0 Å². The van der Waals surface area contributed by atoms with E-state index in [1.165, 1.54) is 6.20 Å². The van der Waals surface area contributed by atoms with Crippen molar-refractivity contribution in [1.29, 1.82) is 0 Å². The maximum Gasteiger partial charge on any atom is 0.255 e. The highest BCUT2D eigenvalue weighted by atomic mass is 35.5. The third kappa shape index (κ3) is 2.30. The monoisotopic (exact) mass is 258 g/mol. The van der Waals surface area contributed by atoms with Crippen LogP contribution in [0.4, 0.5) is 0 Å². The van der Waals surface area contributed by atoms with E-state index in [9.17, 15) is 4.79 Å². The second-order valence-corrected chi connectivity index (χ2v) is 4.63. The second-order valence-electron chi connectivity index (χ2n) is 3.92. The zero-order valence-corrected chi connectivity index (χ0v) is 10.2. The molecule has 5 heteroatoms. The van der Waals surface area contributed by atoms with Gasteiger partial charge in [-0.05, 0) is 18.4 Å². The quantitative estimate of drug-likeness (QED) is 0.764. The van der Waals surface area contributed by atoms with Crippen LogP contribution in [-0.2, 0) is 0 Å². The Morgan fingerprint density at radius 2 is 2.44 bits per heavy atom. The lowest BCUT2D eigenvalue weighted by Crippen LogP contribution is -2.29. The van der Waals surface area contributed by atoms with E-state index < -0.39 is 0 Å². The lowest BCUT2D eigenvalue weighted by Gasteiger charge is -2.16. The van der Waals surface area contributed by atoms with Crippen molar-refractivity contribution in [2.75, 3.05) is 19.0 Å². The fourth-order valence-corrected chi connectivity index (χ4v) is 2.31. The topological polar surface area (TPSA) is 33.2 Å². The number of pyridine rings is 1. The SMILES string of the molecule is O=C(c1ccncc1Cl)N1CCC(CCl)C1.